The van der Waals surface area contributed by atoms with Crippen molar-refractivity contribution in [2.75, 3.05) is 12.3 Å². The van der Waals surface area contributed by atoms with E-state index in [1.165, 1.54) is 11.3 Å². The van der Waals surface area contributed by atoms with Crippen LogP contribution in [0.4, 0.5) is 5.00 Å². The number of thiophene rings is 1. The molecule has 1 aromatic carbocycles. The van der Waals surface area contributed by atoms with Gasteiger partial charge in [-0.05, 0) is 30.9 Å². The van der Waals surface area contributed by atoms with E-state index in [0.29, 0.717) is 36.4 Å². The number of nitriles is 1. The van der Waals surface area contributed by atoms with Gasteiger partial charge in [-0.2, -0.15) is 5.26 Å². The van der Waals surface area contributed by atoms with Gasteiger partial charge in [0.05, 0.1) is 23.7 Å². The molecule has 1 aromatic heterocycles. The Kier molecular flexibility index (Phi) is 4.10. The fourth-order valence-electron chi connectivity index (χ4n) is 3.23. The number of anilines is 1. The summed E-state index contributed by atoms with van der Waals surface area (Å²) in [6.07, 6.45) is 1.94. The van der Waals surface area contributed by atoms with E-state index in [4.69, 9.17) is 10.5 Å². The second kappa shape index (κ2) is 6.05. The third-order valence-electron chi connectivity index (χ3n) is 4.40. The van der Waals surface area contributed by atoms with E-state index in [-0.39, 0.29) is 5.97 Å². The monoisotopic (exact) mass is 326 g/mol. The molecular formula is C18H18N2O2S. The number of nitrogens with two attached hydrogens (primary N) is 1. The molecular weight excluding hydrogens is 308 g/mol. The van der Waals surface area contributed by atoms with Crippen molar-refractivity contribution in [3.8, 4) is 6.07 Å². The van der Waals surface area contributed by atoms with E-state index in [1.54, 1.807) is 6.92 Å². The Balaban J connectivity index is 2.01. The molecule has 2 aromatic rings. The molecule has 0 fully saturated rings. The molecule has 5 heteroatoms. The molecule has 1 atom stereocenters. The normalized spacial score (nSPS) is 19.7. The summed E-state index contributed by atoms with van der Waals surface area (Å²) in [4.78, 5) is 13.2. The maximum Gasteiger partial charge on any atom is 0.341 e. The van der Waals surface area contributed by atoms with Crippen LogP contribution in [0.5, 0.6) is 0 Å². The van der Waals surface area contributed by atoms with Gasteiger partial charge < -0.3 is 10.5 Å². The first-order valence-corrected chi connectivity index (χ1v) is 8.47. The van der Waals surface area contributed by atoms with Crippen molar-refractivity contribution in [3.63, 3.8) is 0 Å². The standard InChI is InChI=1S/C18H18N2O2S/c1-2-22-17(21)15-13-8-9-18(11-19,10-14(13)23-16(15)20)12-6-4-3-5-7-12/h3-7H,2,8-10,20H2,1H3. The van der Waals surface area contributed by atoms with Gasteiger partial charge in [-0.3, -0.25) is 0 Å². The molecule has 1 heterocycles. The summed E-state index contributed by atoms with van der Waals surface area (Å²) in [7, 11) is 0. The molecule has 1 aliphatic rings. The highest BCUT2D eigenvalue weighted by Crippen LogP contribution is 2.44. The summed E-state index contributed by atoms with van der Waals surface area (Å²) in [5.41, 5.74) is 8.01. The van der Waals surface area contributed by atoms with Crippen molar-refractivity contribution in [2.24, 2.45) is 0 Å². The molecule has 0 amide bonds. The molecule has 0 saturated carbocycles. The first-order valence-electron chi connectivity index (χ1n) is 7.65. The second-order valence-corrected chi connectivity index (χ2v) is 6.84. The van der Waals surface area contributed by atoms with Gasteiger partial charge in [0, 0.05) is 11.3 Å². The summed E-state index contributed by atoms with van der Waals surface area (Å²) in [5, 5.41) is 10.3. The van der Waals surface area contributed by atoms with E-state index in [0.717, 1.165) is 16.0 Å². The predicted molar refractivity (Wildman–Crippen MR) is 90.4 cm³/mol. The lowest BCUT2D eigenvalue weighted by molar-refractivity contribution is 0.0526. The molecule has 2 N–H and O–H groups in total. The van der Waals surface area contributed by atoms with Crippen molar-refractivity contribution in [3.05, 3.63) is 51.9 Å². The Bertz CT molecular complexity index is 776. The zero-order valence-corrected chi connectivity index (χ0v) is 13.8. The number of fused-ring (bicyclic) bond motifs is 1. The molecule has 23 heavy (non-hydrogen) atoms. The number of esters is 1. The van der Waals surface area contributed by atoms with Crippen molar-refractivity contribution in [1.29, 1.82) is 5.26 Å². The molecule has 0 bridgehead atoms. The number of rotatable bonds is 3. The molecule has 3 rings (SSSR count). The largest absolute Gasteiger partial charge is 0.462 e. The Hall–Kier alpha value is -2.32. The van der Waals surface area contributed by atoms with Crippen LogP contribution < -0.4 is 5.73 Å². The van der Waals surface area contributed by atoms with Gasteiger partial charge >= 0.3 is 5.97 Å². The first-order chi connectivity index (χ1) is 11.1. The summed E-state index contributed by atoms with van der Waals surface area (Å²) in [5.74, 6) is -0.355. The van der Waals surface area contributed by atoms with Crippen LogP contribution in [0.25, 0.3) is 0 Å². The van der Waals surface area contributed by atoms with Crippen LogP contribution in [0.15, 0.2) is 30.3 Å². The van der Waals surface area contributed by atoms with Crippen LogP contribution in [-0.4, -0.2) is 12.6 Å². The quantitative estimate of drug-likeness (QED) is 0.876. The van der Waals surface area contributed by atoms with Crippen molar-refractivity contribution < 1.29 is 9.53 Å². The molecule has 1 aliphatic carbocycles. The number of nitrogens with zero attached hydrogens (tertiary/aromatic N) is 1. The number of nitrogen functional groups attached to an aromatic ring is 1. The van der Waals surface area contributed by atoms with Crippen LogP contribution >= 0.6 is 11.3 Å². The lowest BCUT2D eigenvalue weighted by Crippen LogP contribution is -2.31. The van der Waals surface area contributed by atoms with Gasteiger partial charge in [-0.1, -0.05) is 30.3 Å². The van der Waals surface area contributed by atoms with Gasteiger partial charge in [-0.15, -0.1) is 11.3 Å². The van der Waals surface area contributed by atoms with Crippen molar-refractivity contribution in [2.45, 2.75) is 31.6 Å². The first kappa shape index (κ1) is 15.6. The molecule has 1 unspecified atom stereocenters. The van der Waals surface area contributed by atoms with Crippen LogP contribution in [0.2, 0.25) is 0 Å². The Labute approximate surface area is 139 Å². The highest BCUT2D eigenvalue weighted by atomic mass is 32.1. The highest BCUT2D eigenvalue weighted by molar-refractivity contribution is 7.16. The Morgan fingerprint density at radius 1 is 1.43 bits per heavy atom. The zero-order chi connectivity index (χ0) is 16.4. The topological polar surface area (TPSA) is 76.1 Å². The van der Waals surface area contributed by atoms with Crippen LogP contribution in [0, 0.1) is 11.3 Å². The molecule has 0 saturated heterocycles. The minimum atomic E-state index is -0.544. The summed E-state index contributed by atoms with van der Waals surface area (Å²) in [6.45, 7) is 2.11. The molecule has 0 aliphatic heterocycles. The average Bonchev–Trinajstić information content (AvgIpc) is 2.90. The number of hydrogen-bond acceptors (Lipinski definition) is 5. The summed E-state index contributed by atoms with van der Waals surface area (Å²) >= 11 is 1.41. The fraction of sp³-hybridized carbons (Fsp3) is 0.333. The van der Waals surface area contributed by atoms with E-state index >= 15 is 0 Å². The average molecular weight is 326 g/mol. The molecule has 0 radical (unpaired) electrons. The van der Waals surface area contributed by atoms with E-state index in [2.05, 4.69) is 6.07 Å². The number of carbonyl (C=O) groups is 1. The summed E-state index contributed by atoms with van der Waals surface area (Å²) in [6, 6.07) is 12.4. The van der Waals surface area contributed by atoms with Gasteiger partial charge in [0.15, 0.2) is 0 Å². The number of ether oxygens (including phenoxy) is 1. The third kappa shape index (κ3) is 2.60. The lowest BCUT2D eigenvalue weighted by atomic mass is 9.70. The number of benzene rings is 1. The summed E-state index contributed by atoms with van der Waals surface area (Å²) < 4.78 is 5.12. The van der Waals surface area contributed by atoms with Gasteiger partial charge in [0.2, 0.25) is 0 Å². The maximum absolute atomic E-state index is 12.1. The molecule has 4 nitrogen and oxygen atoms in total. The van der Waals surface area contributed by atoms with Crippen LogP contribution in [0.3, 0.4) is 0 Å². The van der Waals surface area contributed by atoms with Crippen molar-refractivity contribution in [1.82, 2.24) is 0 Å². The fourth-order valence-corrected chi connectivity index (χ4v) is 4.45. The minimum absolute atomic E-state index is 0.328. The van der Waals surface area contributed by atoms with E-state index < -0.39 is 5.41 Å². The second-order valence-electron chi connectivity index (χ2n) is 5.70. The van der Waals surface area contributed by atoms with Gasteiger partial charge in [0.25, 0.3) is 0 Å². The Morgan fingerprint density at radius 2 is 2.17 bits per heavy atom. The minimum Gasteiger partial charge on any atom is -0.462 e. The van der Waals surface area contributed by atoms with E-state index in [1.807, 2.05) is 30.3 Å². The van der Waals surface area contributed by atoms with Crippen LogP contribution in [0.1, 0.15) is 39.7 Å². The highest BCUT2D eigenvalue weighted by Gasteiger charge is 2.39. The lowest BCUT2D eigenvalue weighted by Gasteiger charge is -2.31. The van der Waals surface area contributed by atoms with Crippen molar-refractivity contribution >= 4 is 22.3 Å². The predicted octanol–water partition coefficient (Wildman–Crippen LogP) is 3.46. The number of hydrogen-bond donors (Lipinski definition) is 1. The van der Waals surface area contributed by atoms with Gasteiger partial charge in [0.1, 0.15) is 5.00 Å². The van der Waals surface area contributed by atoms with E-state index in [9.17, 15) is 10.1 Å². The third-order valence-corrected chi connectivity index (χ3v) is 5.46. The molecule has 0 spiro atoms. The van der Waals surface area contributed by atoms with Crippen LogP contribution in [-0.2, 0) is 23.0 Å². The molecule has 118 valence electrons. The number of carbonyl (C=O) groups excluding carboxylic acids is 1. The smallest absolute Gasteiger partial charge is 0.341 e. The SMILES string of the molecule is CCOC(=O)c1c(N)sc2c1CCC(C#N)(c1ccccc1)C2. The van der Waals surface area contributed by atoms with Gasteiger partial charge in [-0.25, -0.2) is 4.79 Å². The zero-order valence-electron chi connectivity index (χ0n) is 13.0. The Morgan fingerprint density at radius 3 is 2.83 bits per heavy atom. The maximum atomic E-state index is 12.1.